The largest absolute Gasteiger partial charge is 0.461 e. The summed E-state index contributed by atoms with van der Waals surface area (Å²) in [7, 11) is 0. The Morgan fingerprint density at radius 2 is 1.12 bits per heavy atom. The molecule has 21 rings (SSSR count). The summed E-state index contributed by atoms with van der Waals surface area (Å²) in [5.74, 6) is 3.67. The lowest BCUT2D eigenvalue weighted by Crippen LogP contribution is -2.40. The topological polar surface area (TPSA) is 31.2 Å². The molecule has 0 N–H and O–H groups in total. The highest BCUT2D eigenvalue weighted by atomic mass is 16.3. The lowest BCUT2D eigenvalue weighted by molar-refractivity contribution is 0.366. The molecule has 3 heterocycles. The van der Waals surface area contributed by atoms with E-state index in [1.807, 2.05) is 0 Å². The van der Waals surface area contributed by atoms with Gasteiger partial charge in [-0.2, -0.15) is 0 Å². The van der Waals surface area contributed by atoms with E-state index in [1.54, 1.807) is 0 Å². The van der Waals surface area contributed by atoms with E-state index in [9.17, 15) is 0 Å². The summed E-state index contributed by atoms with van der Waals surface area (Å²) in [5.41, 5.74) is 32.5. The van der Waals surface area contributed by atoms with Crippen molar-refractivity contribution in [2.75, 3.05) is 0 Å². The number of nitrogens with zero attached hydrogens (tertiary/aromatic N) is 1. The summed E-state index contributed by atoms with van der Waals surface area (Å²) in [6.07, 6.45) is 46.6. The van der Waals surface area contributed by atoms with Gasteiger partial charge >= 0.3 is 0 Å². The first-order valence-corrected chi connectivity index (χ1v) is 41.0. The Bertz CT molecular complexity index is 6670. The Kier molecular flexibility index (Phi) is 17.6. The van der Waals surface area contributed by atoms with Crippen LogP contribution in [0.4, 0.5) is 0 Å². The van der Waals surface area contributed by atoms with Crippen molar-refractivity contribution in [3.05, 3.63) is 425 Å². The van der Waals surface area contributed by atoms with Crippen LogP contribution in [0, 0.1) is 23.7 Å². The van der Waals surface area contributed by atoms with Crippen molar-refractivity contribution in [3.8, 4) is 44.5 Å². The molecule has 0 spiro atoms. The molecular formula is C110H87NO2. The third-order valence-electron chi connectivity index (χ3n) is 25.4. The van der Waals surface area contributed by atoms with Gasteiger partial charge in [-0.1, -0.05) is 286 Å². The Labute approximate surface area is 661 Å². The molecule has 3 heteroatoms. The fraction of sp³-hybridized carbons (Fsp3) is 0.145. The van der Waals surface area contributed by atoms with Gasteiger partial charge in [0.25, 0.3) is 0 Å². The van der Waals surface area contributed by atoms with Crippen LogP contribution in [0.1, 0.15) is 114 Å². The van der Waals surface area contributed by atoms with Crippen molar-refractivity contribution in [1.29, 1.82) is 0 Å². The van der Waals surface area contributed by atoms with E-state index >= 15 is 0 Å². The Morgan fingerprint density at radius 3 is 1.87 bits per heavy atom. The molecule has 7 aliphatic rings. The van der Waals surface area contributed by atoms with Gasteiger partial charge in [-0.25, -0.2) is 0 Å². The molecule has 5 unspecified atom stereocenters. The molecule has 0 fully saturated rings. The minimum Gasteiger partial charge on any atom is -0.461 e. The summed E-state index contributed by atoms with van der Waals surface area (Å²) in [5, 5.41) is 7.28. The van der Waals surface area contributed by atoms with Crippen LogP contribution in [0.5, 0.6) is 0 Å². The van der Waals surface area contributed by atoms with Crippen LogP contribution in [0.15, 0.2) is 373 Å². The highest BCUT2D eigenvalue weighted by molar-refractivity contribution is 6.16. The highest BCUT2D eigenvalue weighted by Crippen LogP contribution is 2.49. The van der Waals surface area contributed by atoms with E-state index in [0.29, 0.717) is 11.8 Å². The normalized spacial score (nSPS) is 19.1. The molecule has 0 saturated heterocycles. The maximum atomic E-state index is 7.32. The van der Waals surface area contributed by atoms with Gasteiger partial charge in [0.1, 0.15) is 22.7 Å². The first-order valence-electron chi connectivity index (χ1n) is 41.0. The number of hydrogen-bond acceptors (Lipinski definition) is 2. The van der Waals surface area contributed by atoms with Crippen LogP contribution in [0.3, 0.4) is 0 Å². The molecular weight excluding hydrogens is 1370 g/mol. The van der Waals surface area contributed by atoms with Crippen molar-refractivity contribution in [2.45, 2.75) is 76.5 Å². The molecule has 113 heavy (non-hydrogen) atoms. The number of aryl methyl sites for hydroxylation is 1. The van der Waals surface area contributed by atoms with Crippen LogP contribution in [0.25, 0.3) is 127 Å². The fourth-order valence-corrected chi connectivity index (χ4v) is 19.7. The second-order valence-electron chi connectivity index (χ2n) is 32.1. The molecule has 0 bridgehead atoms. The molecule has 7 aliphatic carbocycles. The van der Waals surface area contributed by atoms with Crippen LogP contribution in [-0.4, -0.2) is 4.57 Å². The summed E-state index contributed by atoms with van der Waals surface area (Å²) in [4.78, 5) is 0. The molecule has 5 atom stereocenters. The maximum Gasteiger partial charge on any atom is 0.143 e. The molecule has 0 radical (unpaired) electrons. The Balaban J connectivity index is 0.738. The summed E-state index contributed by atoms with van der Waals surface area (Å²) in [6, 6.07) is 97.5. The molecule has 0 amide bonds. The van der Waals surface area contributed by atoms with E-state index in [0.717, 1.165) is 136 Å². The highest BCUT2D eigenvalue weighted by Gasteiger charge is 2.35. The minimum atomic E-state index is 0.109. The maximum absolute atomic E-state index is 7.32. The van der Waals surface area contributed by atoms with E-state index in [-0.39, 0.29) is 17.8 Å². The van der Waals surface area contributed by atoms with Gasteiger partial charge in [0.15, 0.2) is 0 Å². The third kappa shape index (κ3) is 12.7. The van der Waals surface area contributed by atoms with Crippen molar-refractivity contribution in [3.63, 3.8) is 0 Å². The third-order valence-corrected chi connectivity index (χ3v) is 25.4. The summed E-state index contributed by atoms with van der Waals surface area (Å²) >= 11 is 0. The first kappa shape index (κ1) is 68.2. The minimum absolute atomic E-state index is 0.109. The van der Waals surface area contributed by atoms with Crippen molar-refractivity contribution in [2.24, 2.45) is 23.7 Å². The second-order valence-corrected chi connectivity index (χ2v) is 32.1. The van der Waals surface area contributed by atoms with Crippen molar-refractivity contribution in [1.82, 2.24) is 4.57 Å². The molecule has 3 aromatic heterocycles. The molecule has 0 aliphatic heterocycles. The predicted octanol–water partition coefficient (Wildman–Crippen LogP) is 27.4. The zero-order valence-electron chi connectivity index (χ0n) is 63.6. The van der Waals surface area contributed by atoms with E-state index in [4.69, 9.17) is 15.4 Å². The number of rotatable bonds is 16. The first-order chi connectivity index (χ1) is 55.9. The number of furan rings is 2. The van der Waals surface area contributed by atoms with Crippen LogP contribution < -0.4 is 10.4 Å². The average Bonchev–Trinajstić information content (AvgIpc) is 1.07. The van der Waals surface area contributed by atoms with Gasteiger partial charge < -0.3 is 13.4 Å². The lowest BCUT2D eigenvalue weighted by atomic mass is 9.69. The van der Waals surface area contributed by atoms with Gasteiger partial charge in [0.05, 0.1) is 11.0 Å². The van der Waals surface area contributed by atoms with E-state index < -0.39 is 0 Å². The molecule has 14 aromatic rings. The Morgan fingerprint density at radius 1 is 0.442 bits per heavy atom. The van der Waals surface area contributed by atoms with Gasteiger partial charge in [-0.3, -0.25) is 0 Å². The van der Waals surface area contributed by atoms with Gasteiger partial charge in [0.2, 0.25) is 0 Å². The zero-order chi connectivity index (χ0) is 74.9. The van der Waals surface area contributed by atoms with E-state index in [2.05, 4.69) is 357 Å². The smallest absolute Gasteiger partial charge is 0.143 e. The Hall–Kier alpha value is -12.8. The average molecular weight is 1450 g/mol. The van der Waals surface area contributed by atoms with Gasteiger partial charge in [0, 0.05) is 62.6 Å². The lowest BCUT2D eigenvalue weighted by Gasteiger charge is -2.35. The monoisotopic (exact) mass is 1450 g/mol. The molecule has 544 valence electrons. The second kappa shape index (κ2) is 29.1. The van der Waals surface area contributed by atoms with Crippen molar-refractivity contribution >= 4 is 82.9 Å². The van der Waals surface area contributed by atoms with Crippen LogP contribution in [0.2, 0.25) is 0 Å². The number of benzene rings is 11. The number of fused-ring (bicyclic) bond motifs is 9. The number of allylic oxidation sites excluding steroid dienone is 20. The number of hydrogen-bond donors (Lipinski definition) is 0. The SMILES string of the molecule is C=C(CCc1cc2c(o1)C(c1ccc3c(c1)c1cc(-c4cc(-c5cccc(-c6ccccc6)c5)cc5c4oc4ccc(C6=CC(C7CC=CCC7)CC=C6)cc45)ccc1n3C1=CC=C(C3=c4ccccc4=C(c4ccccc4)C4C=CC=CC34)CC1)=CC(c1cccc(C3=CC=CCC3)c1)C2)c1cccc(-c2ccccc2)c1. The predicted molar refractivity (Wildman–Crippen MR) is 474 cm³/mol. The quantitative estimate of drug-likeness (QED) is 0.0903. The standard InChI is InChI=1S/C110H87NO2/c1-71(78-35-21-36-79(59-78)72-25-7-2-8-26-72)47-55-93-64-91-63-89(84-41-23-38-81(61-84)74-29-11-4-12-30-74)68-98(109(91)112-93)87-50-56-104-100(66-87)101-67-88(51-57-105(101)111(104)92-53-48-77(49-54-92)108-96-45-19-17-43-94(96)107(76-33-15-6-16-34-76)95-44-18-20-46-97(95)108)99-69-90(85-42-24-39-82(62-85)75-31-13-5-14-32-75)70-103-102-65-86(52-58-106(102)113-110(99)103)83-40-22-37-80(60-83)73-27-9-3-10-28-73/h2-9,11,13-26,29,31-36,38-46,48,50-53,56-62,64-70,73,80,89,94,96H,1,10,12,27-28,30,37,47,49,54-55,63H2. The van der Waals surface area contributed by atoms with Gasteiger partial charge in [-0.15, -0.1) is 0 Å². The summed E-state index contributed by atoms with van der Waals surface area (Å²) in [6.45, 7) is 4.69. The molecule has 3 nitrogen and oxygen atoms in total. The van der Waals surface area contributed by atoms with Crippen LogP contribution >= 0.6 is 0 Å². The van der Waals surface area contributed by atoms with E-state index in [1.165, 1.54) is 129 Å². The molecule has 11 aromatic carbocycles. The van der Waals surface area contributed by atoms with Crippen molar-refractivity contribution < 1.29 is 8.83 Å². The van der Waals surface area contributed by atoms with Gasteiger partial charge in [-0.05, 0) is 271 Å². The fourth-order valence-electron chi connectivity index (χ4n) is 19.7. The molecule has 0 saturated carbocycles. The number of aromatic nitrogens is 1. The van der Waals surface area contributed by atoms with Crippen LogP contribution in [-0.2, 0) is 12.8 Å². The summed E-state index contributed by atoms with van der Waals surface area (Å²) < 4.78 is 17.2. The zero-order valence-corrected chi connectivity index (χ0v) is 63.6.